The van der Waals surface area contributed by atoms with Crippen molar-refractivity contribution in [3.63, 3.8) is 0 Å². The number of rotatable bonds is 4. The van der Waals surface area contributed by atoms with Crippen LogP contribution in [0.3, 0.4) is 0 Å². The maximum atomic E-state index is 12.3. The Morgan fingerprint density at radius 3 is 2.63 bits per heavy atom. The van der Waals surface area contributed by atoms with Crippen LogP contribution in [0, 0.1) is 5.92 Å². The van der Waals surface area contributed by atoms with E-state index < -0.39 is 12.1 Å². The zero-order chi connectivity index (χ0) is 14.0. The average molecular weight is 269 g/mol. The number of nitrogens with one attached hydrogen (secondary N) is 1. The first-order valence-corrected chi connectivity index (χ1v) is 6.95. The molecular weight excluding hydrogens is 246 g/mol. The van der Waals surface area contributed by atoms with Crippen molar-refractivity contribution in [3.05, 3.63) is 0 Å². The van der Waals surface area contributed by atoms with Crippen molar-refractivity contribution in [1.82, 2.24) is 10.2 Å². The first-order chi connectivity index (χ1) is 9.00. The molecule has 0 bridgehead atoms. The highest BCUT2D eigenvalue weighted by Gasteiger charge is 2.37. The maximum absolute atomic E-state index is 12.3. The van der Waals surface area contributed by atoms with Gasteiger partial charge in [-0.2, -0.15) is 0 Å². The van der Waals surface area contributed by atoms with Gasteiger partial charge in [-0.3, -0.25) is 9.59 Å². The van der Waals surface area contributed by atoms with Crippen LogP contribution in [0.25, 0.3) is 0 Å². The molecule has 0 spiro atoms. The third kappa shape index (κ3) is 3.45. The van der Waals surface area contributed by atoms with E-state index in [-0.39, 0.29) is 30.4 Å². The van der Waals surface area contributed by atoms with Crippen molar-refractivity contribution in [1.29, 1.82) is 0 Å². The number of hydrogen-bond donors (Lipinski definition) is 2. The van der Waals surface area contributed by atoms with Crippen LogP contribution in [-0.2, 0) is 14.3 Å². The van der Waals surface area contributed by atoms with Crippen LogP contribution in [0.2, 0.25) is 0 Å². The van der Waals surface area contributed by atoms with Gasteiger partial charge in [0.1, 0.15) is 6.04 Å². The molecule has 2 rings (SSSR count). The van der Waals surface area contributed by atoms with E-state index >= 15 is 0 Å². The maximum Gasteiger partial charge on any atom is 0.245 e. The first-order valence-electron chi connectivity index (χ1n) is 6.95. The highest BCUT2D eigenvalue weighted by Crippen LogP contribution is 2.20. The van der Waals surface area contributed by atoms with E-state index in [1.807, 2.05) is 13.8 Å². The summed E-state index contributed by atoms with van der Waals surface area (Å²) < 4.78 is 5.33. The summed E-state index contributed by atoms with van der Waals surface area (Å²) in [6.45, 7) is 4.96. The fraction of sp³-hybridized carbons (Fsp3) is 0.846. The topological polar surface area (TPSA) is 84.7 Å². The second-order valence-electron chi connectivity index (χ2n) is 5.68. The minimum Gasteiger partial charge on any atom is -0.377 e. The summed E-state index contributed by atoms with van der Waals surface area (Å²) in [5, 5.41) is 2.92. The minimum atomic E-state index is -0.561. The molecule has 6 nitrogen and oxygen atoms in total. The Hall–Kier alpha value is -1.14. The number of nitrogens with two attached hydrogens (primary N) is 1. The molecule has 1 aliphatic heterocycles. The Balaban J connectivity index is 2.01. The van der Waals surface area contributed by atoms with Gasteiger partial charge >= 0.3 is 0 Å². The van der Waals surface area contributed by atoms with E-state index in [0.29, 0.717) is 13.2 Å². The molecule has 1 heterocycles. The molecule has 2 aliphatic rings. The van der Waals surface area contributed by atoms with E-state index in [1.165, 1.54) is 0 Å². The van der Waals surface area contributed by atoms with Crippen LogP contribution >= 0.6 is 0 Å². The van der Waals surface area contributed by atoms with E-state index in [9.17, 15) is 9.59 Å². The molecule has 19 heavy (non-hydrogen) atoms. The predicted molar refractivity (Wildman–Crippen MR) is 70.3 cm³/mol. The summed E-state index contributed by atoms with van der Waals surface area (Å²) in [6, 6.07) is -0.814. The van der Waals surface area contributed by atoms with Crippen LogP contribution in [0.1, 0.15) is 26.7 Å². The van der Waals surface area contributed by atoms with E-state index in [4.69, 9.17) is 10.5 Å². The largest absolute Gasteiger partial charge is 0.377 e. The quantitative estimate of drug-likeness (QED) is 0.719. The third-order valence-corrected chi connectivity index (χ3v) is 3.64. The molecule has 1 saturated carbocycles. The fourth-order valence-electron chi connectivity index (χ4n) is 2.09. The molecule has 3 N–H and O–H groups in total. The van der Waals surface area contributed by atoms with E-state index in [1.54, 1.807) is 4.90 Å². The van der Waals surface area contributed by atoms with Gasteiger partial charge in [-0.15, -0.1) is 0 Å². The molecule has 108 valence electrons. The molecule has 2 atom stereocenters. The van der Waals surface area contributed by atoms with Crippen molar-refractivity contribution in [2.45, 2.75) is 44.8 Å². The Morgan fingerprint density at radius 2 is 2.05 bits per heavy atom. The number of carbonyl (C=O) groups is 2. The van der Waals surface area contributed by atoms with Crippen molar-refractivity contribution >= 4 is 11.8 Å². The molecule has 1 unspecified atom stereocenters. The first kappa shape index (κ1) is 14.3. The number of carbonyl (C=O) groups excluding carboxylic acids is 2. The van der Waals surface area contributed by atoms with Crippen LogP contribution in [0.4, 0.5) is 0 Å². The molecule has 0 aromatic carbocycles. The standard InChI is InChI=1S/C13H23N3O3/c1-8(2)11(14)13(18)16-5-6-19-7-10(16)12(17)15-9-3-4-9/h8-11H,3-7,14H2,1-2H3,(H,15,17)/t10?,11-/m1/s1. The van der Waals surface area contributed by atoms with Crippen molar-refractivity contribution in [2.75, 3.05) is 19.8 Å². The lowest BCUT2D eigenvalue weighted by atomic mass is 10.0. The normalized spacial score (nSPS) is 25.3. The minimum absolute atomic E-state index is 0.0579. The summed E-state index contributed by atoms with van der Waals surface area (Å²) in [5.41, 5.74) is 5.90. The smallest absolute Gasteiger partial charge is 0.245 e. The van der Waals surface area contributed by atoms with Crippen LogP contribution < -0.4 is 11.1 Å². The lowest BCUT2D eigenvalue weighted by molar-refractivity contribution is -0.150. The number of nitrogens with zero attached hydrogens (tertiary/aromatic N) is 1. The van der Waals surface area contributed by atoms with Gasteiger partial charge in [-0.05, 0) is 18.8 Å². The van der Waals surface area contributed by atoms with Crippen molar-refractivity contribution < 1.29 is 14.3 Å². The van der Waals surface area contributed by atoms with Gasteiger partial charge in [0.05, 0.1) is 19.3 Å². The molecule has 0 radical (unpaired) electrons. The van der Waals surface area contributed by atoms with Crippen LogP contribution in [-0.4, -0.2) is 54.6 Å². The van der Waals surface area contributed by atoms with Gasteiger partial charge in [-0.25, -0.2) is 0 Å². The third-order valence-electron chi connectivity index (χ3n) is 3.64. The lowest BCUT2D eigenvalue weighted by Crippen LogP contribution is -2.60. The Morgan fingerprint density at radius 1 is 1.37 bits per heavy atom. The molecule has 2 fully saturated rings. The summed E-state index contributed by atoms with van der Waals surface area (Å²) in [7, 11) is 0. The fourth-order valence-corrected chi connectivity index (χ4v) is 2.09. The number of ether oxygens (including phenoxy) is 1. The van der Waals surface area contributed by atoms with Crippen molar-refractivity contribution in [3.8, 4) is 0 Å². The molecule has 6 heteroatoms. The van der Waals surface area contributed by atoms with Crippen molar-refractivity contribution in [2.24, 2.45) is 11.7 Å². The second-order valence-corrected chi connectivity index (χ2v) is 5.68. The van der Waals surface area contributed by atoms with E-state index in [0.717, 1.165) is 12.8 Å². The summed E-state index contributed by atoms with van der Waals surface area (Å²) in [4.78, 5) is 26.0. The van der Waals surface area contributed by atoms with Crippen LogP contribution in [0.5, 0.6) is 0 Å². The molecule has 0 aromatic rings. The Bertz CT molecular complexity index is 355. The van der Waals surface area contributed by atoms with Gasteiger partial charge in [0.15, 0.2) is 0 Å². The van der Waals surface area contributed by atoms with Gasteiger partial charge < -0.3 is 20.7 Å². The Kier molecular flexibility index (Phi) is 4.42. The highest BCUT2D eigenvalue weighted by molar-refractivity contribution is 5.90. The molecule has 1 aliphatic carbocycles. The monoisotopic (exact) mass is 269 g/mol. The lowest BCUT2D eigenvalue weighted by Gasteiger charge is -2.36. The summed E-state index contributed by atoms with van der Waals surface area (Å²) in [5.74, 6) is -0.219. The van der Waals surface area contributed by atoms with Gasteiger partial charge in [0.25, 0.3) is 0 Å². The zero-order valence-corrected chi connectivity index (χ0v) is 11.6. The van der Waals surface area contributed by atoms with Gasteiger partial charge in [0, 0.05) is 12.6 Å². The average Bonchev–Trinajstić information content (AvgIpc) is 3.20. The molecule has 0 aromatic heterocycles. The number of morpholine rings is 1. The van der Waals surface area contributed by atoms with Gasteiger partial charge in [0.2, 0.25) is 11.8 Å². The van der Waals surface area contributed by atoms with Gasteiger partial charge in [-0.1, -0.05) is 13.8 Å². The molecule has 1 saturated heterocycles. The van der Waals surface area contributed by atoms with E-state index in [2.05, 4.69) is 5.32 Å². The summed E-state index contributed by atoms with van der Waals surface area (Å²) >= 11 is 0. The molecular formula is C13H23N3O3. The van der Waals surface area contributed by atoms with Crippen LogP contribution in [0.15, 0.2) is 0 Å². The highest BCUT2D eigenvalue weighted by atomic mass is 16.5. The predicted octanol–water partition coefficient (Wildman–Crippen LogP) is -0.524. The number of hydrogen-bond acceptors (Lipinski definition) is 4. The Labute approximate surface area is 113 Å². The number of amides is 2. The SMILES string of the molecule is CC(C)[C@@H](N)C(=O)N1CCOCC1C(=O)NC1CC1. The zero-order valence-electron chi connectivity index (χ0n) is 11.6. The second kappa shape index (κ2) is 5.88. The molecule has 2 amide bonds. The summed E-state index contributed by atoms with van der Waals surface area (Å²) in [6.07, 6.45) is 2.05.